The number of aliphatic carboxylic acids is 1. The van der Waals surface area contributed by atoms with Gasteiger partial charge in [0, 0.05) is 23.5 Å². The number of aliphatic hydroxyl groups is 1. The zero-order chi connectivity index (χ0) is 23.4. The topological polar surface area (TPSA) is 69.9 Å². The first-order valence-electron chi connectivity index (χ1n) is 10.7. The summed E-state index contributed by atoms with van der Waals surface area (Å²) in [7, 11) is 1.66. The van der Waals surface area contributed by atoms with E-state index in [2.05, 4.69) is 4.99 Å². The fourth-order valence-corrected chi connectivity index (χ4v) is 3.91. The van der Waals surface area contributed by atoms with E-state index in [1.807, 2.05) is 57.2 Å². The highest BCUT2D eigenvalue weighted by molar-refractivity contribution is 6.30. The highest BCUT2D eigenvalue weighted by atomic mass is 35.5. The van der Waals surface area contributed by atoms with Gasteiger partial charge >= 0.3 is 5.97 Å². The van der Waals surface area contributed by atoms with Gasteiger partial charge in [0.2, 0.25) is 0 Å². The molecule has 2 unspecified atom stereocenters. The Morgan fingerprint density at radius 2 is 1.84 bits per heavy atom. The Labute approximate surface area is 196 Å². The first-order chi connectivity index (χ1) is 14.8. The summed E-state index contributed by atoms with van der Waals surface area (Å²) in [6.07, 6.45) is 9.26. The number of rotatable bonds is 2. The monoisotopic (exact) mass is 465 g/mol. The second-order valence-electron chi connectivity index (χ2n) is 7.26. The van der Waals surface area contributed by atoms with Crippen LogP contribution in [0.15, 0.2) is 57.6 Å². The van der Waals surface area contributed by atoms with Gasteiger partial charge in [0.15, 0.2) is 0 Å². The van der Waals surface area contributed by atoms with E-state index in [-0.39, 0.29) is 6.10 Å². The van der Waals surface area contributed by atoms with Gasteiger partial charge in [0.1, 0.15) is 0 Å². The van der Waals surface area contributed by atoms with Crippen LogP contribution >= 0.6 is 23.2 Å². The van der Waals surface area contributed by atoms with Crippen molar-refractivity contribution in [2.24, 2.45) is 10.9 Å². The third-order valence-corrected chi connectivity index (χ3v) is 5.39. The van der Waals surface area contributed by atoms with E-state index >= 15 is 0 Å². The maximum Gasteiger partial charge on any atom is 0.312 e. The van der Waals surface area contributed by atoms with Crippen molar-refractivity contribution in [2.75, 3.05) is 7.05 Å². The molecule has 1 aromatic rings. The minimum atomic E-state index is -0.790. The van der Waals surface area contributed by atoms with E-state index in [1.54, 1.807) is 13.1 Å². The van der Waals surface area contributed by atoms with Crippen LogP contribution in [0.4, 0.5) is 0 Å². The molecule has 2 aliphatic rings. The average Bonchev–Trinajstić information content (AvgIpc) is 2.90. The minimum Gasteiger partial charge on any atom is -0.481 e. The van der Waals surface area contributed by atoms with E-state index < -0.39 is 11.9 Å². The third kappa shape index (κ3) is 9.42. The van der Waals surface area contributed by atoms with Crippen LogP contribution in [-0.2, 0) is 4.79 Å². The summed E-state index contributed by atoms with van der Waals surface area (Å²) >= 11 is 11.6. The third-order valence-electron chi connectivity index (χ3n) is 4.88. The molecule has 0 radical (unpaired) electrons. The number of carboxylic acids is 1. The molecular weight excluding hydrogens is 433 g/mol. The van der Waals surface area contributed by atoms with Gasteiger partial charge in [-0.1, -0.05) is 60.8 Å². The number of carboxylic acid groups (broad SMARTS) is 1. The van der Waals surface area contributed by atoms with Gasteiger partial charge in [0.05, 0.1) is 17.7 Å². The Morgan fingerprint density at radius 3 is 2.42 bits per heavy atom. The predicted octanol–water partition coefficient (Wildman–Crippen LogP) is 6.92. The molecule has 2 N–H and O–H groups in total. The maximum absolute atomic E-state index is 11.2. The highest BCUT2D eigenvalue weighted by Crippen LogP contribution is 2.28. The van der Waals surface area contributed by atoms with E-state index in [0.29, 0.717) is 23.6 Å². The van der Waals surface area contributed by atoms with Gasteiger partial charge < -0.3 is 10.2 Å². The molecule has 0 heterocycles. The molecule has 0 amide bonds. The van der Waals surface area contributed by atoms with Crippen molar-refractivity contribution in [3.05, 3.63) is 63.2 Å². The summed E-state index contributed by atoms with van der Waals surface area (Å²) < 4.78 is 0. The molecule has 31 heavy (non-hydrogen) atoms. The molecule has 2 atom stereocenters. The number of nitrogens with zero attached hydrogens (tertiary/aromatic N) is 1. The van der Waals surface area contributed by atoms with Crippen LogP contribution < -0.4 is 0 Å². The van der Waals surface area contributed by atoms with Crippen molar-refractivity contribution in [2.45, 2.75) is 59.0 Å². The van der Waals surface area contributed by atoms with Crippen molar-refractivity contribution in [1.29, 1.82) is 0 Å². The first-order valence-corrected chi connectivity index (χ1v) is 11.4. The maximum atomic E-state index is 11.2. The molecule has 2 aliphatic carbocycles. The molecule has 3 rings (SSSR count). The second-order valence-corrected chi connectivity index (χ2v) is 8.18. The molecule has 0 aliphatic heterocycles. The SMILES string of the molecule is CC.CC1=CCC(O)C=C(Cl)C1.CN=C1/C(=C/c2ccc(Cl)cc2)CCCC1C(=O)O. The van der Waals surface area contributed by atoms with Gasteiger partial charge in [-0.25, -0.2) is 0 Å². The summed E-state index contributed by atoms with van der Waals surface area (Å²) in [5.41, 5.74) is 3.97. The summed E-state index contributed by atoms with van der Waals surface area (Å²) in [5.74, 6) is -1.26. The molecule has 0 bridgehead atoms. The van der Waals surface area contributed by atoms with Crippen LogP contribution in [0, 0.1) is 5.92 Å². The predicted molar refractivity (Wildman–Crippen MR) is 132 cm³/mol. The average molecular weight is 466 g/mol. The zero-order valence-corrected chi connectivity index (χ0v) is 20.2. The summed E-state index contributed by atoms with van der Waals surface area (Å²) in [6.45, 7) is 6.02. The Hall–Kier alpha value is -1.88. The molecule has 170 valence electrons. The summed E-state index contributed by atoms with van der Waals surface area (Å²) in [5, 5.41) is 19.8. The lowest BCUT2D eigenvalue weighted by atomic mass is 9.82. The molecule has 0 aromatic heterocycles. The molecule has 4 nitrogen and oxygen atoms in total. The minimum absolute atomic E-state index is 0.384. The van der Waals surface area contributed by atoms with E-state index in [4.69, 9.17) is 23.2 Å². The fraction of sp³-hybridized carbons (Fsp3) is 0.440. The molecule has 0 spiro atoms. The Bertz CT molecular complexity index is 839. The van der Waals surface area contributed by atoms with Gasteiger partial charge in [-0.05, 0) is 68.0 Å². The van der Waals surface area contributed by atoms with Crippen LogP contribution in [0.25, 0.3) is 6.08 Å². The van der Waals surface area contributed by atoms with Crippen molar-refractivity contribution in [3.8, 4) is 0 Å². The number of aliphatic imine (C=N–C) groups is 1. The zero-order valence-electron chi connectivity index (χ0n) is 18.7. The highest BCUT2D eigenvalue weighted by Gasteiger charge is 2.29. The molecular formula is C25H33Cl2NO3. The molecule has 0 saturated heterocycles. The van der Waals surface area contributed by atoms with Gasteiger partial charge in [0.25, 0.3) is 0 Å². The number of benzene rings is 1. The largest absolute Gasteiger partial charge is 0.481 e. The van der Waals surface area contributed by atoms with Crippen LogP contribution in [0.1, 0.15) is 58.4 Å². The van der Waals surface area contributed by atoms with Crippen LogP contribution in [0.5, 0.6) is 0 Å². The number of carbonyl (C=O) groups is 1. The molecule has 1 fully saturated rings. The van der Waals surface area contributed by atoms with Crippen LogP contribution in [-0.4, -0.2) is 35.0 Å². The summed E-state index contributed by atoms with van der Waals surface area (Å²) in [6, 6.07) is 7.50. The van der Waals surface area contributed by atoms with Crippen LogP contribution in [0.3, 0.4) is 0 Å². The van der Waals surface area contributed by atoms with E-state index in [1.165, 1.54) is 5.57 Å². The fourth-order valence-electron chi connectivity index (χ4n) is 3.43. The van der Waals surface area contributed by atoms with Crippen molar-refractivity contribution in [1.82, 2.24) is 0 Å². The summed E-state index contributed by atoms with van der Waals surface area (Å²) in [4.78, 5) is 15.4. The normalized spacial score (nSPS) is 23.5. The van der Waals surface area contributed by atoms with Crippen molar-refractivity contribution < 1.29 is 15.0 Å². The van der Waals surface area contributed by atoms with Gasteiger partial charge in [-0.3, -0.25) is 9.79 Å². The lowest BCUT2D eigenvalue weighted by Gasteiger charge is -2.23. The Morgan fingerprint density at radius 1 is 1.19 bits per heavy atom. The van der Waals surface area contributed by atoms with Gasteiger partial charge in [-0.15, -0.1) is 0 Å². The number of hydrogen-bond acceptors (Lipinski definition) is 3. The lowest BCUT2D eigenvalue weighted by molar-refractivity contribution is -0.139. The number of hydrogen-bond donors (Lipinski definition) is 2. The van der Waals surface area contributed by atoms with E-state index in [9.17, 15) is 15.0 Å². The standard InChI is InChI=1S/C15H16ClNO2.C8H11ClO.C2H6/c1-17-14-11(3-2-4-13(14)15(18)19)9-10-5-7-12(16)8-6-10;1-6-2-3-8(10)5-7(9)4-6;1-2/h5-9,13H,2-4H2,1H3,(H,18,19);2,5,8,10H,3-4H2,1H3;1-2H3/b11-9+,17-14?;;. The van der Waals surface area contributed by atoms with Crippen molar-refractivity contribution in [3.63, 3.8) is 0 Å². The number of aliphatic hydroxyl groups excluding tert-OH is 1. The Kier molecular flexibility index (Phi) is 12.5. The lowest BCUT2D eigenvalue weighted by Crippen LogP contribution is -2.28. The van der Waals surface area contributed by atoms with E-state index in [0.717, 1.165) is 35.4 Å². The number of allylic oxidation sites excluding steroid dienone is 3. The van der Waals surface area contributed by atoms with Gasteiger partial charge in [-0.2, -0.15) is 0 Å². The molecule has 1 aromatic carbocycles. The van der Waals surface area contributed by atoms with Crippen molar-refractivity contribution >= 4 is 41.0 Å². The smallest absolute Gasteiger partial charge is 0.312 e. The number of halogens is 2. The second kappa shape index (κ2) is 14.2. The molecule has 6 heteroatoms. The van der Waals surface area contributed by atoms with Crippen LogP contribution in [0.2, 0.25) is 5.02 Å². The Balaban J connectivity index is 0.000000337. The quantitative estimate of drug-likeness (QED) is 0.465. The molecule has 1 saturated carbocycles. The first kappa shape index (κ1) is 27.2.